The second kappa shape index (κ2) is 5.56. The predicted octanol–water partition coefficient (Wildman–Crippen LogP) is 1.12. The van der Waals surface area contributed by atoms with E-state index in [-0.39, 0.29) is 17.7 Å². The van der Waals surface area contributed by atoms with Crippen molar-refractivity contribution in [3.05, 3.63) is 46.4 Å². The van der Waals surface area contributed by atoms with E-state index in [9.17, 15) is 14.4 Å². The minimum absolute atomic E-state index is 0.0494. The minimum atomic E-state index is -1.11. The lowest BCUT2D eigenvalue weighted by atomic mass is 10.1. The van der Waals surface area contributed by atoms with Crippen LogP contribution in [0.15, 0.2) is 35.1 Å². The lowest BCUT2D eigenvalue weighted by Gasteiger charge is -2.12. The number of carbonyl (C=O) groups excluding carboxylic acids is 1. The van der Waals surface area contributed by atoms with Gasteiger partial charge in [0.1, 0.15) is 11.7 Å². The molecular weight excluding hydrogens is 260 g/mol. The van der Waals surface area contributed by atoms with Crippen LogP contribution < -0.4 is 10.9 Å². The van der Waals surface area contributed by atoms with Gasteiger partial charge in [-0.05, 0) is 23.9 Å². The Kier molecular flexibility index (Phi) is 3.84. The molecule has 0 aliphatic rings. The zero-order valence-electron chi connectivity index (χ0n) is 10.8. The Labute approximate surface area is 114 Å². The third-order valence-electron chi connectivity index (χ3n) is 3.01. The topological polar surface area (TPSA) is 99.3 Å². The van der Waals surface area contributed by atoms with Crippen molar-refractivity contribution in [3.63, 3.8) is 0 Å². The second-order valence-electron chi connectivity index (χ2n) is 4.37. The Bertz CT molecular complexity index is 720. The summed E-state index contributed by atoms with van der Waals surface area (Å²) in [6.45, 7) is 1.65. The van der Waals surface area contributed by atoms with Gasteiger partial charge in [0.2, 0.25) is 0 Å². The van der Waals surface area contributed by atoms with Crippen molar-refractivity contribution in [1.82, 2.24) is 10.3 Å². The van der Waals surface area contributed by atoms with Gasteiger partial charge in [-0.2, -0.15) is 0 Å². The Morgan fingerprint density at radius 3 is 2.70 bits per heavy atom. The highest BCUT2D eigenvalue weighted by atomic mass is 16.4. The number of aromatic nitrogens is 1. The first kappa shape index (κ1) is 13.8. The number of carboxylic acid groups (broad SMARTS) is 1. The first-order valence-corrected chi connectivity index (χ1v) is 6.18. The van der Waals surface area contributed by atoms with Crippen LogP contribution in [-0.4, -0.2) is 28.0 Å². The summed E-state index contributed by atoms with van der Waals surface area (Å²) in [5.41, 5.74) is -0.329. The van der Waals surface area contributed by atoms with Crippen LogP contribution in [0.1, 0.15) is 23.8 Å². The summed E-state index contributed by atoms with van der Waals surface area (Å²) >= 11 is 0. The average molecular weight is 274 g/mol. The highest BCUT2D eigenvalue weighted by molar-refractivity contribution is 5.98. The molecule has 1 aromatic carbocycles. The maximum absolute atomic E-state index is 12.0. The largest absolute Gasteiger partial charge is 0.480 e. The van der Waals surface area contributed by atoms with Crippen molar-refractivity contribution in [2.75, 3.05) is 0 Å². The van der Waals surface area contributed by atoms with Crippen molar-refractivity contribution in [2.24, 2.45) is 0 Å². The molecule has 1 atom stereocenters. The zero-order valence-corrected chi connectivity index (χ0v) is 10.8. The van der Waals surface area contributed by atoms with E-state index in [2.05, 4.69) is 10.3 Å². The van der Waals surface area contributed by atoms with Crippen molar-refractivity contribution in [3.8, 4) is 0 Å². The molecule has 0 aliphatic heterocycles. The Morgan fingerprint density at radius 2 is 2.05 bits per heavy atom. The van der Waals surface area contributed by atoms with Gasteiger partial charge in [0.05, 0.1) is 0 Å². The van der Waals surface area contributed by atoms with E-state index in [1.807, 2.05) is 0 Å². The molecule has 0 unspecified atom stereocenters. The molecule has 0 radical (unpaired) electrons. The van der Waals surface area contributed by atoms with Crippen LogP contribution in [0.3, 0.4) is 0 Å². The number of amides is 1. The van der Waals surface area contributed by atoms with E-state index in [0.29, 0.717) is 10.8 Å². The molecule has 2 rings (SSSR count). The first-order valence-electron chi connectivity index (χ1n) is 6.18. The summed E-state index contributed by atoms with van der Waals surface area (Å²) in [6, 6.07) is 7.42. The van der Waals surface area contributed by atoms with Gasteiger partial charge in [-0.25, -0.2) is 4.79 Å². The normalized spacial score (nSPS) is 12.1. The number of hydrogen-bond acceptors (Lipinski definition) is 3. The van der Waals surface area contributed by atoms with E-state index in [1.54, 1.807) is 31.2 Å². The first-order chi connectivity index (χ1) is 9.52. The Balaban J connectivity index is 2.36. The zero-order chi connectivity index (χ0) is 14.7. The maximum Gasteiger partial charge on any atom is 0.326 e. The van der Waals surface area contributed by atoms with Crippen LogP contribution in [0.25, 0.3) is 10.8 Å². The lowest BCUT2D eigenvalue weighted by Crippen LogP contribution is -2.41. The van der Waals surface area contributed by atoms with Gasteiger partial charge >= 0.3 is 5.97 Å². The van der Waals surface area contributed by atoms with E-state index in [1.165, 1.54) is 6.07 Å². The third-order valence-corrected chi connectivity index (χ3v) is 3.01. The SMILES string of the molecule is CC[C@@H](NC(=O)c1cc2ccccc2c(=O)[nH]1)C(=O)O. The molecule has 2 aromatic rings. The number of benzene rings is 1. The predicted molar refractivity (Wildman–Crippen MR) is 73.7 cm³/mol. The molecular formula is C14H14N2O4. The van der Waals surface area contributed by atoms with E-state index in [4.69, 9.17) is 5.11 Å². The average Bonchev–Trinajstić information content (AvgIpc) is 2.44. The highest BCUT2D eigenvalue weighted by Gasteiger charge is 2.19. The monoisotopic (exact) mass is 274 g/mol. The van der Waals surface area contributed by atoms with Gasteiger partial charge in [-0.1, -0.05) is 25.1 Å². The molecule has 0 saturated carbocycles. The number of rotatable bonds is 4. The molecule has 0 saturated heterocycles. The number of pyridine rings is 1. The number of nitrogens with one attached hydrogen (secondary N) is 2. The van der Waals surface area contributed by atoms with Gasteiger partial charge in [0.15, 0.2) is 0 Å². The molecule has 1 amide bonds. The van der Waals surface area contributed by atoms with E-state index < -0.39 is 17.9 Å². The quantitative estimate of drug-likeness (QED) is 0.778. The van der Waals surface area contributed by atoms with E-state index in [0.717, 1.165) is 0 Å². The van der Waals surface area contributed by atoms with Gasteiger partial charge in [0, 0.05) is 5.39 Å². The standard InChI is InChI=1S/C14H14N2O4/c1-2-10(14(19)20)15-13(18)11-7-8-5-3-4-6-9(8)12(17)16-11/h3-7,10H,2H2,1H3,(H,15,18)(H,16,17)(H,19,20)/t10-/m1/s1. The number of aromatic amines is 1. The number of H-pyrrole nitrogens is 1. The number of fused-ring (bicyclic) bond motifs is 1. The van der Waals surface area contributed by atoms with Crippen molar-refractivity contribution < 1.29 is 14.7 Å². The highest BCUT2D eigenvalue weighted by Crippen LogP contribution is 2.10. The Morgan fingerprint density at radius 1 is 1.35 bits per heavy atom. The second-order valence-corrected chi connectivity index (χ2v) is 4.37. The van der Waals surface area contributed by atoms with Crippen LogP contribution >= 0.6 is 0 Å². The van der Waals surface area contributed by atoms with Crippen LogP contribution in [0, 0.1) is 0 Å². The smallest absolute Gasteiger partial charge is 0.326 e. The fraction of sp³-hybridized carbons (Fsp3) is 0.214. The van der Waals surface area contributed by atoms with Gasteiger partial charge in [-0.3, -0.25) is 9.59 Å². The lowest BCUT2D eigenvalue weighted by molar-refractivity contribution is -0.139. The van der Waals surface area contributed by atoms with Crippen LogP contribution in [0.4, 0.5) is 0 Å². The Hall–Kier alpha value is -2.63. The molecule has 0 aliphatic carbocycles. The van der Waals surface area contributed by atoms with Crippen molar-refractivity contribution >= 4 is 22.6 Å². The van der Waals surface area contributed by atoms with Crippen LogP contribution in [0.2, 0.25) is 0 Å². The summed E-state index contributed by atoms with van der Waals surface area (Å²) in [7, 11) is 0. The fourth-order valence-corrected chi connectivity index (χ4v) is 1.91. The van der Waals surface area contributed by atoms with Crippen molar-refractivity contribution in [2.45, 2.75) is 19.4 Å². The molecule has 1 heterocycles. The summed E-state index contributed by atoms with van der Waals surface area (Å²) in [4.78, 5) is 37.2. The van der Waals surface area contributed by atoms with Gasteiger partial charge < -0.3 is 15.4 Å². The van der Waals surface area contributed by atoms with Gasteiger partial charge in [-0.15, -0.1) is 0 Å². The fourth-order valence-electron chi connectivity index (χ4n) is 1.91. The third kappa shape index (κ3) is 2.69. The summed E-state index contributed by atoms with van der Waals surface area (Å²) < 4.78 is 0. The number of aliphatic carboxylic acids is 1. The number of hydrogen-bond donors (Lipinski definition) is 3. The summed E-state index contributed by atoms with van der Waals surface area (Å²) in [5, 5.41) is 12.4. The molecule has 0 fully saturated rings. The van der Waals surface area contributed by atoms with E-state index >= 15 is 0 Å². The molecule has 3 N–H and O–H groups in total. The van der Waals surface area contributed by atoms with Crippen molar-refractivity contribution in [1.29, 1.82) is 0 Å². The molecule has 20 heavy (non-hydrogen) atoms. The molecule has 1 aromatic heterocycles. The molecule has 0 spiro atoms. The van der Waals surface area contributed by atoms with Crippen LogP contribution in [-0.2, 0) is 4.79 Å². The number of carbonyl (C=O) groups is 2. The summed E-state index contributed by atoms with van der Waals surface area (Å²) in [5.74, 6) is -1.72. The van der Waals surface area contributed by atoms with Gasteiger partial charge in [0.25, 0.3) is 11.5 Å². The summed E-state index contributed by atoms with van der Waals surface area (Å²) in [6.07, 6.45) is 0.263. The van der Waals surface area contributed by atoms with Crippen LogP contribution in [0.5, 0.6) is 0 Å². The molecule has 104 valence electrons. The maximum atomic E-state index is 12.0. The molecule has 0 bridgehead atoms. The minimum Gasteiger partial charge on any atom is -0.480 e. The molecule has 6 nitrogen and oxygen atoms in total. The molecule has 6 heteroatoms. The number of carboxylic acids is 1.